The van der Waals surface area contributed by atoms with E-state index in [1.165, 1.54) is 115 Å². The first-order chi connectivity index (χ1) is 41.6. The minimum atomic E-state index is -0.684. The number of nitrogens with zero attached hydrogens (tertiary/aromatic N) is 2. The first kappa shape index (κ1) is 57.8. The SMILES string of the molecule is Bc1ccc2c(c1)C(CCCC)(CCCC)c1cc3c(cc1-2)C(c1ccc(N(C2=CC=C(C4OCCO4)CC2)c2ccc(C(C)(C)C)cc2)cc1)(c1ccc(N(c2ccc(C4OCCO4)cc2)c2ccc(C(C)(C)C)cc2)cc1)c1cc(C)ccc1-3. The van der Waals surface area contributed by atoms with Crippen LogP contribution in [-0.4, -0.2) is 40.6 Å². The molecule has 0 amide bonds. The summed E-state index contributed by atoms with van der Waals surface area (Å²) in [4.78, 5) is 4.87. The van der Waals surface area contributed by atoms with Crippen molar-refractivity contribution in [3.05, 3.63) is 249 Å². The number of unbranched alkanes of at least 4 members (excludes halogenated alkanes) is 2. The molecule has 8 aromatic carbocycles. The third-order valence-electron chi connectivity index (χ3n) is 19.4. The smallest absolute Gasteiger partial charge is 0.184 e. The largest absolute Gasteiger partial charge is 0.346 e. The van der Waals surface area contributed by atoms with E-state index in [4.69, 9.17) is 18.9 Å². The van der Waals surface area contributed by atoms with Gasteiger partial charge in [-0.05, 0) is 195 Å². The Bertz CT molecular complexity index is 3830. The van der Waals surface area contributed by atoms with Crippen LogP contribution in [0.4, 0.5) is 28.4 Å². The molecule has 0 spiro atoms. The van der Waals surface area contributed by atoms with Crippen LogP contribution in [0.15, 0.2) is 193 Å². The minimum absolute atomic E-state index is 0.0190. The first-order valence-corrected chi connectivity index (χ1v) is 32.0. The lowest BCUT2D eigenvalue weighted by atomic mass is 9.66. The van der Waals surface area contributed by atoms with Gasteiger partial charge >= 0.3 is 0 Å². The number of ether oxygens (including phenoxy) is 4. The third-order valence-corrected chi connectivity index (χ3v) is 19.4. The fourth-order valence-corrected chi connectivity index (χ4v) is 14.7. The lowest BCUT2D eigenvalue weighted by molar-refractivity contribution is -0.0441. The molecule has 2 aliphatic heterocycles. The van der Waals surface area contributed by atoms with E-state index in [0.29, 0.717) is 26.4 Å². The zero-order chi connectivity index (χ0) is 59.5. The fourth-order valence-electron chi connectivity index (χ4n) is 14.7. The van der Waals surface area contributed by atoms with E-state index in [1.54, 1.807) is 0 Å². The van der Waals surface area contributed by atoms with Gasteiger partial charge in [0.2, 0.25) is 0 Å². The van der Waals surface area contributed by atoms with Crippen LogP contribution >= 0.6 is 0 Å². The summed E-state index contributed by atoms with van der Waals surface area (Å²) in [5.41, 5.74) is 27.1. The molecule has 438 valence electrons. The molecule has 5 aliphatic rings. The van der Waals surface area contributed by atoms with Crippen molar-refractivity contribution in [2.45, 2.75) is 148 Å². The molecule has 2 heterocycles. The van der Waals surface area contributed by atoms with Crippen LogP contribution in [0.3, 0.4) is 0 Å². The highest BCUT2D eigenvalue weighted by Gasteiger charge is 2.50. The average molecular weight is 1140 g/mol. The predicted octanol–water partition coefficient (Wildman–Crippen LogP) is 18.5. The lowest BCUT2D eigenvalue weighted by Gasteiger charge is -2.36. The van der Waals surface area contributed by atoms with E-state index in [-0.39, 0.29) is 28.8 Å². The van der Waals surface area contributed by atoms with Gasteiger partial charge in [-0.25, -0.2) is 0 Å². The Morgan fingerprint density at radius 3 is 1.41 bits per heavy atom. The molecule has 3 aliphatic carbocycles. The summed E-state index contributed by atoms with van der Waals surface area (Å²) in [6.07, 6.45) is 12.7. The molecule has 0 aromatic heterocycles. The molecule has 13 rings (SSSR count). The molecular weight excluding hydrogens is 1050 g/mol. The van der Waals surface area contributed by atoms with Crippen LogP contribution in [0, 0.1) is 6.92 Å². The molecule has 0 bridgehead atoms. The summed E-state index contributed by atoms with van der Waals surface area (Å²) >= 11 is 0. The Hall–Kier alpha value is -7.26. The average Bonchev–Trinajstić information content (AvgIpc) is 1.60. The van der Waals surface area contributed by atoms with Gasteiger partial charge in [0.1, 0.15) is 7.85 Å². The molecule has 86 heavy (non-hydrogen) atoms. The van der Waals surface area contributed by atoms with E-state index < -0.39 is 5.41 Å². The Morgan fingerprint density at radius 1 is 0.453 bits per heavy atom. The molecule has 0 N–H and O–H groups in total. The maximum absolute atomic E-state index is 6.00. The number of benzene rings is 8. The Balaban J connectivity index is 1.02. The van der Waals surface area contributed by atoms with E-state index in [2.05, 4.69) is 262 Å². The third kappa shape index (κ3) is 10.3. The van der Waals surface area contributed by atoms with Gasteiger partial charge in [-0.3, -0.25) is 0 Å². The highest BCUT2D eigenvalue weighted by atomic mass is 16.7. The highest BCUT2D eigenvalue weighted by molar-refractivity contribution is 6.32. The maximum Gasteiger partial charge on any atom is 0.184 e. The van der Waals surface area contributed by atoms with Crippen molar-refractivity contribution in [1.29, 1.82) is 0 Å². The number of aryl methyl sites for hydroxylation is 1. The number of rotatable bonds is 16. The summed E-state index contributed by atoms with van der Waals surface area (Å²) in [5.74, 6) is 0. The van der Waals surface area contributed by atoms with Crippen molar-refractivity contribution in [3.8, 4) is 22.3 Å². The maximum atomic E-state index is 6.00. The van der Waals surface area contributed by atoms with E-state index >= 15 is 0 Å². The quantitative estimate of drug-likeness (QED) is 0.0899. The van der Waals surface area contributed by atoms with Crippen molar-refractivity contribution in [2.24, 2.45) is 0 Å². The van der Waals surface area contributed by atoms with Crippen molar-refractivity contribution in [1.82, 2.24) is 0 Å². The van der Waals surface area contributed by atoms with Crippen molar-refractivity contribution in [2.75, 3.05) is 36.2 Å². The van der Waals surface area contributed by atoms with Crippen LogP contribution in [0.1, 0.15) is 169 Å². The number of fused-ring (bicyclic) bond motifs is 6. The number of hydrogen-bond donors (Lipinski definition) is 0. The molecule has 2 fully saturated rings. The molecular formula is C79H85BN2O4. The molecule has 0 radical (unpaired) electrons. The summed E-state index contributed by atoms with van der Waals surface area (Å²) in [6.45, 7) is 23.2. The van der Waals surface area contributed by atoms with Gasteiger partial charge in [-0.2, -0.15) is 0 Å². The van der Waals surface area contributed by atoms with Crippen LogP contribution in [0.2, 0.25) is 0 Å². The van der Waals surface area contributed by atoms with E-state index in [1.807, 2.05) is 0 Å². The number of anilines is 5. The monoisotopic (exact) mass is 1140 g/mol. The van der Waals surface area contributed by atoms with Crippen molar-refractivity contribution in [3.63, 3.8) is 0 Å². The highest BCUT2D eigenvalue weighted by Crippen LogP contribution is 2.62. The number of hydrogen-bond acceptors (Lipinski definition) is 6. The van der Waals surface area contributed by atoms with E-state index in [0.717, 1.165) is 59.7 Å². The Labute approximate surface area is 513 Å². The molecule has 0 saturated carbocycles. The Kier molecular flexibility index (Phi) is 15.5. The van der Waals surface area contributed by atoms with Crippen LogP contribution in [-0.2, 0) is 40.6 Å². The second-order valence-corrected chi connectivity index (χ2v) is 27.1. The normalized spacial score (nSPS) is 18.1. The molecule has 6 nitrogen and oxygen atoms in total. The minimum Gasteiger partial charge on any atom is -0.346 e. The number of allylic oxidation sites excluding steroid dienone is 3. The molecule has 1 unspecified atom stereocenters. The first-order valence-electron chi connectivity index (χ1n) is 32.0. The van der Waals surface area contributed by atoms with Gasteiger partial charge in [-0.1, -0.05) is 195 Å². The van der Waals surface area contributed by atoms with Crippen LogP contribution < -0.4 is 15.3 Å². The van der Waals surface area contributed by atoms with Gasteiger partial charge in [0.05, 0.1) is 31.8 Å². The van der Waals surface area contributed by atoms with Crippen LogP contribution in [0.25, 0.3) is 22.3 Å². The van der Waals surface area contributed by atoms with Gasteiger partial charge in [0.15, 0.2) is 12.6 Å². The standard InChI is InChI=1S/C79H85BN2O4/c1-10-12-42-78(43-13-11-2)70-49-59(80)27-41-66(70)68-51-73-69(50-71(68)78)67-40-14-52(3)48-72(67)79(73,57-23-36-64(37-24-57)81(62-32-19-55(20-33-62)76(4,5)6)60-28-15-53(16-29-60)74-83-44-45-84-74)58-25-38-65(39-26-58)82(63-34-21-56(22-35-63)77(7,8)9)61-30-17-54(18-31-61)75-85-46-47-86-75/h14-17,19-30,32-41,48-51,74-75H,10-13,18,31,42-47,80H2,1-9H3. The van der Waals surface area contributed by atoms with E-state index in [9.17, 15) is 0 Å². The van der Waals surface area contributed by atoms with Gasteiger partial charge in [-0.15, -0.1) is 0 Å². The van der Waals surface area contributed by atoms with Gasteiger partial charge < -0.3 is 28.7 Å². The van der Waals surface area contributed by atoms with Crippen molar-refractivity contribution >= 4 is 41.7 Å². The lowest BCUT2D eigenvalue weighted by Crippen LogP contribution is -2.29. The summed E-state index contributed by atoms with van der Waals surface area (Å²) in [6, 6.07) is 66.3. The van der Waals surface area contributed by atoms with Crippen LogP contribution in [0.5, 0.6) is 0 Å². The molecule has 2 saturated heterocycles. The predicted molar refractivity (Wildman–Crippen MR) is 358 cm³/mol. The second kappa shape index (κ2) is 23.1. The molecule has 1 atom stereocenters. The van der Waals surface area contributed by atoms with Gasteiger partial charge in [0.25, 0.3) is 0 Å². The van der Waals surface area contributed by atoms with Gasteiger partial charge in [0, 0.05) is 45.1 Å². The second-order valence-electron chi connectivity index (χ2n) is 27.1. The summed E-state index contributed by atoms with van der Waals surface area (Å²) in [7, 11) is 2.28. The summed E-state index contributed by atoms with van der Waals surface area (Å²) < 4.78 is 23.9. The zero-order valence-corrected chi connectivity index (χ0v) is 52.5. The topological polar surface area (TPSA) is 43.4 Å². The Morgan fingerprint density at radius 2 is 0.895 bits per heavy atom. The fraction of sp³-hybridized carbons (Fsp3) is 0.342. The van der Waals surface area contributed by atoms with Crippen molar-refractivity contribution < 1.29 is 18.9 Å². The zero-order valence-electron chi connectivity index (χ0n) is 52.5. The molecule has 7 heteroatoms. The summed E-state index contributed by atoms with van der Waals surface area (Å²) in [5, 5.41) is 0. The molecule has 8 aromatic rings.